The smallest absolute Gasteiger partial charge is 0.115 e. The summed E-state index contributed by atoms with van der Waals surface area (Å²) >= 11 is 5.77. The number of rotatable bonds is 1. The molecule has 1 aromatic heterocycles. The molecule has 0 aliphatic rings. The first-order chi connectivity index (χ1) is 6.27. The van der Waals surface area contributed by atoms with Gasteiger partial charge < -0.3 is 0 Å². The van der Waals surface area contributed by atoms with Gasteiger partial charge in [-0.2, -0.15) is 15.4 Å². The van der Waals surface area contributed by atoms with Crippen molar-refractivity contribution in [1.82, 2.24) is 15.4 Å². The van der Waals surface area contributed by atoms with Crippen LogP contribution >= 0.6 is 11.6 Å². The molecular weight excluding hydrogens is 186 g/mol. The molecule has 0 radical (unpaired) electrons. The molecular formula is C9H8ClN3. The summed E-state index contributed by atoms with van der Waals surface area (Å²) in [5.74, 6) is 0. The summed E-state index contributed by atoms with van der Waals surface area (Å²) in [6, 6.07) is 7.52. The number of hydrogen-bond donors (Lipinski definition) is 1. The van der Waals surface area contributed by atoms with Crippen molar-refractivity contribution < 1.29 is 0 Å². The molecule has 0 unspecified atom stereocenters. The third kappa shape index (κ3) is 1.55. The zero-order chi connectivity index (χ0) is 9.26. The highest BCUT2D eigenvalue weighted by Crippen LogP contribution is 2.20. The Hall–Kier alpha value is -1.35. The van der Waals surface area contributed by atoms with Crippen LogP contribution in [0.5, 0.6) is 0 Å². The molecule has 1 N–H and O–H groups in total. The Morgan fingerprint density at radius 2 is 1.85 bits per heavy atom. The van der Waals surface area contributed by atoms with E-state index in [2.05, 4.69) is 15.4 Å². The maximum atomic E-state index is 5.77. The van der Waals surface area contributed by atoms with Crippen molar-refractivity contribution in [1.29, 1.82) is 0 Å². The molecule has 0 bridgehead atoms. The molecule has 2 rings (SSSR count). The molecule has 0 spiro atoms. The van der Waals surface area contributed by atoms with E-state index in [1.54, 1.807) is 0 Å². The van der Waals surface area contributed by atoms with E-state index in [9.17, 15) is 0 Å². The normalized spacial score (nSPS) is 10.3. The van der Waals surface area contributed by atoms with Crippen LogP contribution in [0.1, 0.15) is 5.69 Å². The van der Waals surface area contributed by atoms with Crippen molar-refractivity contribution in [2.75, 3.05) is 0 Å². The molecule has 0 atom stereocenters. The van der Waals surface area contributed by atoms with Gasteiger partial charge in [-0.3, -0.25) is 0 Å². The van der Waals surface area contributed by atoms with Gasteiger partial charge in [0.2, 0.25) is 0 Å². The molecule has 66 valence electrons. The highest BCUT2D eigenvalue weighted by Gasteiger charge is 2.04. The minimum absolute atomic E-state index is 0.727. The second-order valence-corrected chi connectivity index (χ2v) is 3.20. The summed E-state index contributed by atoms with van der Waals surface area (Å²) < 4.78 is 0. The van der Waals surface area contributed by atoms with Crippen LogP contribution in [0.3, 0.4) is 0 Å². The van der Waals surface area contributed by atoms with E-state index in [4.69, 9.17) is 11.6 Å². The van der Waals surface area contributed by atoms with E-state index in [-0.39, 0.29) is 0 Å². The fourth-order valence-electron chi connectivity index (χ4n) is 1.17. The third-order valence-corrected chi connectivity index (χ3v) is 2.09. The van der Waals surface area contributed by atoms with Crippen molar-refractivity contribution in [3.8, 4) is 11.3 Å². The molecule has 1 heterocycles. The zero-order valence-electron chi connectivity index (χ0n) is 7.08. The Labute approximate surface area is 80.7 Å². The van der Waals surface area contributed by atoms with Crippen LogP contribution in [-0.2, 0) is 0 Å². The number of aromatic amines is 1. The van der Waals surface area contributed by atoms with Crippen molar-refractivity contribution in [3.05, 3.63) is 35.0 Å². The monoisotopic (exact) mass is 193 g/mol. The maximum Gasteiger partial charge on any atom is 0.115 e. The standard InChI is InChI=1S/C9H8ClN3/c1-6-9(12-13-11-6)7-2-4-8(10)5-3-7/h2-5H,1H3,(H,11,12,13). The first-order valence-electron chi connectivity index (χ1n) is 3.90. The number of aryl methyl sites for hydroxylation is 1. The van der Waals surface area contributed by atoms with E-state index in [0.29, 0.717) is 0 Å². The molecule has 0 saturated heterocycles. The van der Waals surface area contributed by atoms with Crippen molar-refractivity contribution in [2.45, 2.75) is 6.92 Å². The number of halogens is 1. The Morgan fingerprint density at radius 1 is 1.15 bits per heavy atom. The molecule has 0 aliphatic heterocycles. The van der Waals surface area contributed by atoms with Gasteiger partial charge >= 0.3 is 0 Å². The molecule has 1 aromatic carbocycles. The Bertz CT molecular complexity index is 405. The van der Waals surface area contributed by atoms with E-state index in [1.807, 2.05) is 31.2 Å². The van der Waals surface area contributed by atoms with Crippen molar-refractivity contribution in [2.24, 2.45) is 0 Å². The fourth-order valence-corrected chi connectivity index (χ4v) is 1.29. The van der Waals surface area contributed by atoms with Crippen molar-refractivity contribution >= 4 is 11.6 Å². The number of hydrogen-bond acceptors (Lipinski definition) is 2. The second-order valence-electron chi connectivity index (χ2n) is 2.76. The van der Waals surface area contributed by atoms with Crippen LogP contribution in [-0.4, -0.2) is 15.4 Å². The first kappa shape index (κ1) is 8.26. The van der Waals surface area contributed by atoms with Gasteiger partial charge in [0.05, 0.1) is 5.69 Å². The summed E-state index contributed by atoms with van der Waals surface area (Å²) in [4.78, 5) is 0. The SMILES string of the molecule is Cc1n[nH]nc1-c1ccc(Cl)cc1. The predicted octanol–water partition coefficient (Wildman–Crippen LogP) is 2.43. The molecule has 2 aromatic rings. The highest BCUT2D eigenvalue weighted by molar-refractivity contribution is 6.30. The predicted molar refractivity (Wildman–Crippen MR) is 51.6 cm³/mol. The fraction of sp³-hybridized carbons (Fsp3) is 0.111. The van der Waals surface area contributed by atoms with Gasteiger partial charge in [-0.1, -0.05) is 23.7 Å². The number of benzene rings is 1. The zero-order valence-corrected chi connectivity index (χ0v) is 7.84. The molecule has 0 fully saturated rings. The van der Waals surface area contributed by atoms with Crippen LogP contribution in [0.4, 0.5) is 0 Å². The lowest BCUT2D eigenvalue weighted by Crippen LogP contribution is -1.80. The highest BCUT2D eigenvalue weighted by atomic mass is 35.5. The van der Waals surface area contributed by atoms with Crippen LogP contribution in [0.25, 0.3) is 11.3 Å². The summed E-state index contributed by atoms with van der Waals surface area (Å²) in [5.41, 5.74) is 2.79. The number of nitrogens with zero attached hydrogens (tertiary/aromatic N) is 2. The average molecular weight is 194 g/mol. The molecule has 0 amide bonds. The van der Waals surface area contributed by atoms with Crippen LogP contribution < -0.4 is 0 Å². The lowest BCUT2D eigenvalue weighted by atomic mass is 10.1. The van der Waals surface area contributed by atoms with Gasteiger partial charge in [-0.15, -0.1) is 0 Å². The summed E-state index contributed by atoms with van der Waals surface area (Å²) in [5, 5.41) is 11.3. The van der Waals surface area contributed by atoms with E-state index in [0.717, 1.165) is 22.0 Å². The van der Waals surface area contributed by atoms with E-state index in [1.165, 1.54) is 0 Å². The lowest BCUT2D eigenvalue weighted by molar-refractivity contribution is 0.929. The topological polar surface area (TPSA) is 41.6 Å². The van der Waals surface area contributed by atoms with Gasteiger partial charge in [0.1, 0.15) is 5.69 Å². The molecule has 13 heavy (non-hydrogen) atoms. The van der Waals surface area contributed by atoms with Crippen molar-refractivity contribution in [3.63, 3.8) is 0 Å². The largest absolute Gasteiger partial charge is 0.197 e. The summed E-state index contributed by atoms with van der Waals surface area (Å²) in [6.45, 7) is 1.91. The van der Waals surface area contributed by atoms with Gasteiger partial charge in [-0.05, 0) is 19.1 Å². The summed E-state index contributed by atoms with van der Waals surface area (Å²) in [7, 11) is 0. The van der Waals surface area contributed by atoms with Crippen LogP contribution in [0, 0.1) is 6.92 Å². The lowest BCUT2D eigenvalue weighted by Gasteiger charge is -1.96. The van der Waals surface area contributed by atoms with Gasteiger partial charge in [0.25, 0.3) is 0 Å². The second kappa shape index (κ2) is 3.18. The number of aromatic nitrogens is 3. The Morgan fingerprint density at radius 3 is 2.38 bits per heavy atom. The van der Waals surface area contributed by atoms with E-state index >= 15 is 0 Å². The molecule has 4 heteroatoms. The van der Waals surface area contributed by atoms with Crippen LogP contribution in [0.2, 0.25) is 5.02 Å². The summed E-state index contributed by atoms with van der Waals surface area (Å²) in [6.07, 6.45) is 0. The molecule has 0 aliphatic carbocycles. The minimum Gasteiger partial charge on any atom is -0.197 e. The third-order valence-electron chi connectivity index (χ3n) is 1.84. The Kier molecular flexibility index (Phi) is 2.02. The molecule has 3 nitrogen and oxygen atoms in total. The first-order valence-corrected chi connectivity index (χ1v) is 4.28. The van der Waals surface area contributed by atoms with Gasteiger partial charge in [0, 0.05) is 10.6 Å². The van der Waals surface area contributed by atoms with Crippen LogP contribution in [0.15, 0.2) is 24.3 Å². The quantitative estimate of drug-likeness (QED) is 0.756. The maximum absolute atomic E-state index is 5.77. The average Bonchev–Trinajstić information content (AvgIpc) is 2.53. The van der Waals surface area contributed by atoms with Gasteiger partial charge in [0.15, 0.2) is 0 Å². The minimum atomic E-state index is 0.727. The molecule has 0 saturated carbocycles. The Balaban J connectivity index is 2.47. The van der Waals surface area contributed by atoms with E-state index < -0.39 is 0 Å². The van der Waals surface area contributed by atoms with Gasteiger partial charge in [-0.25, -0.2) is 0 Å². The number of nitrogens with one attached hydrogen (secondary N) is 1. The number of H-pyrrole nitrogens is 1.